The van der Waals surface area contributed by atoms with Gasteiger partial charge in [0, 0.05) is 46.8 Å². The number of fused-ring (bicyclic) bond motifs is 4. The van der Waals surface area contributed by atoms with Crippen molar-refractivity contribution in [2.45, 2.75) is 62.9 Å². The predicted molar refractivity (Wildman–Crippen MR) is 148 cm³/mol. The number of benzene rings is 1. The molecule has 3 aliphatic rings. The third-order valence-electron chi connectivity index (χ3n) is 9.41. The molecule has 3 aromatic heterocycles. The predicted octanol–water partition coefficient (Wildman–Crippen LogP) is 5.57. The Kier molecular flexibility index (Phi) is 5.38. The molecule has 8 heteroatoms. The van der Waals surface area contributed by atoms with E-state index in [4.69, 9.17) is 16.7 Å². The topological polar surface area (TPSA) is 76.3 Å². The van der Waals surface area contributed by atoms with Crippen LogP contribution < -0.4 is 5.32 Å². The maximum atomic E-state index is 7.20. The van der Waals surface area contributed by atoms with Crippen molar-refractivity contribution in [1.82, 2.24) is 35.1 Å². The molecule has 2 fully saturated rings. The lowest BCUT2D eigenvalue weighted by molar-refractivity contribution is 0.193. The number of halogens is 1. The van der Waals surface area contributed by atoms with Gasteiger partial charge in [-0.15, -0.1) is 11.6 Å². The molecule has 192 valence electrons. The number of nitrogens with zero attached hydrogens (tertiary/aromatic N) is 5. The first kappa shape index (κ1) is 23.2. The van der Waals surface area contributed by atoms with Crippen molar-refractivity contribution >= 4 is 28.6 Å². The monoisotopic (exact) mass is 515 g/mol. The Morgan fingerprint density at radius 1 is 1.11 bits per heavy atom. The number of rotatable bonds is 4. The van der Waals surface area contributed by atoms with Crippen molar-refractivity contribution in [3.8, 4) is 11.3 Å². The highest BCUT2D eigenvalue weighted by atomic mass is 35.5. The first-order chi connectivity index (χ1) is 17.9. The minimum absolute atomic E-state index is 0.0147. The van der Waals surface area contributed by atoms with Crippen LogP contribution in [-0.2, 0) is 7.05 Å². The van der Waals surface area contributed by atoms with Gasteiger partial charge in [-0.25, -0.2) is 0 Å². The Morgan fingerprint density at radius 2 is 1.89 bits per heavy atom. The van der Waals surface area contributed by atoms with Crippen molar-refractivity contribution in [3.63, 3.8) is 0 Å². The van der Waals surface area contributed by atoms with Crippen molar-refractivity contribution in [2.24, 2.45) is 18.9 Å². The Morgan fingerprint density at radius 3 is 2.65 bits per heavy atom. The van der Waals surface area contributed by atoms with E-state index < -0.39 is 0 Å². The van der Waals surface area contributed by atoms with Crippen LogP contribution in [0.25, 0.3) is 28.2 Å². The molecule has 3 aliphatic carbocycles. The summed E-state index contributed by atoms with van der Waals surface area (Å²) in [6, 6.07) is 7.62. The van der Waals surface area contributed by atoms with Crippen molar-refractivity contribution < 1.29 is 0 Å². The number of alkyl halides is 1. The molecule has 0 spiro atoms. The molecule has 0 aliphatic heterocycles. The summed E-state index contributed by atoms with van der Waals surface area (Å²) in [5.74, 6) is 1.42. The molecule has 37 heavy (non-hydrogen) atoms. The van der Waals surface area contributed by atoms with Gasteiger partial charge in [-0.05, 0) is 76.6 Å². The fourth-order valence-electron chi connectivity index (χ4n) is 7.65. The van der Waals surface area contributed by atoms with E-state index in [1.807, 2.05) is 24.1 Å². The maximum absolute atomic E-state index is 7.20. The van der Waals surface area contributed by atoms with E-state index in [1.54, 1.807) is 0 Å². The summed E-state index contributed by atoms with van der Waals surface area (Å²) in [5.41, 5.74) is 9.06. The van der Waals surface area contributed by atoms with Gasteiger partial charge in [0.15, 0.2) is 0 Å². The molecule has 4 aromatic rings. The molecule has 0 radical (unpaired) electrons. The van der Waals surface area contributed by atoms with Crippen LogP contribution in [0.5, 0.6) is 0 Å². The Balaban J connectivity index is 1.40. The van der Waals surface area contributed by atoms with Crippen LogP contribution in [0.2, 0.25) is 0 Å². The average Bonchev–Trinajstić information content (AvgIpc) is 3.65. The second-order valence-corrected chi connectivity index (χ2v) is 11.8. The van der Waals surface area contributed by atoms with Crippen molar-refractivity contribution in [2.75, 3.05) is 7.05 Å². The van der Waals surface area contributed by atoms with E-state index in [9.17, 15) is 0 Å². The van der Waals surface area contributed by atoms with Gasteiger partial charge in [0.25, 0.3) is 0 Å². The second kappa shape index (κ2) is 8.57. The highest BCUT2D eigenvalue weighted by Gasteiger charge is 2.44. The quantitative estimate of drug-likeness (QED) is 0.348. The zero-order valence-corrected chi connectivity index (χ0v) is 22.6. The zero-order valence-electron chi connectivity index (χ0n) is 21.9. The van der Waals surface area contributed by atoms with E-state index in [2.05, 4.69) is 70.5 Å². The molecule has 2 N–H and O–H groups in total. The highest BCUT2D eigenvalue weighted by molar-refractivity contribution is 6.24. The van der Waals surface area contributed by atoms with Crippen LogP contribution in [0.4, 0.5) is 0 Å². The largest absolute Gasteiger partial charge is 0.316 e. The molecule has 7 nitrogen and oxygen atoms in total. The van der Waals surface area contributed by atoms with Crippen LogP contribution in [-0.4, -0.2) is 48.2 Å². The number of aryl methyl sites for hydroxylation is 1. The van der Waals surface area contributed by atoms with Crippen LogP contribution >= 0.6 is 11.6 Å². The lowest BCUT2D eigenvalue weighted by Crippen LogP contribution is -2.41. The summed E-state index contributed by atoms with van der Waals surface area (Å²) >= 11 is 7.20. The first-order valence-electron chi connectivity index (χ1n) is 13.5. The van der Waals surface area contributed by atoms with E-state index in [0.29, 0.717) is 12.1 Å². The summed E-state index contributed by atoms with van der Waals surface area (Å²) in [4.78, 5) is 0. The first-order valence-corrected chi connectivity index (χ1v) is 13.9. The molecule has 2 saturated carbocycles. The second-order valence-electron chi connectivity index (χ2n) is 11.4. The number of nitrogens with one attached hydrogen (secondary N) is 2. The molecule has 4 atom stereocenters. The number of hydrogen-bond acceptors (Lipinski definition) is 4. The summed E-state index contributed by atoms with van der Waals surface area (Å²) in [6.45, 7) is 4.36. The average molecular weight is 516 g/mol. The third kappa shape index (κ3) is 3.47. The van der Waals surface area contributed by atoms with Gasteiger partial charge < -0.3 is 5.32 Å². The van der Waals surface area contributed by atoms with Gasteiger partial charge >= 0.3 is 0 Å². The molecular weight excluding hydrogens is 482 g/mol. The van der Waals surface area contributed by atoms with Crippen LogP contribution in [0, 0.1) is 18.8 Å². The van der Waals surface area contributed by atoms with E-state index >= 15 is 0 Å². The number of H-pyrrole nitrogens is 1. The highest BCUT2D eigenvalue weighted by Crippen LogP contribution is 2.50. The Labute approximate surface area is 222 Å². The zero-order chi connectivity index (χ0) is 25.4. The molecule has 0 saturated heterocycles. The SMILES string of the molecule is CNC1C2CCC1CC(n1nc(-c3ccc4c(cnn4C)c3)c(C3c4cn[nH]c4C=C(C)C3Cl)c1C)C2. The van der Waals surface area contributed by atoms with E-state index in [-0.39, 0.29) is 11.3 Å². The fraction of sp³-hybridized carbons (Fsp3) is 0.483. The smallest absolute Gasteiger partial charge is 0.0965 e. The number of aromatic amines is 1. The lowest BCUT2D eigenvalue weighted by Gasteiger charge is -2.36. The lowest BCUT2D eigenvalue weighted by atomic mass is 9.79. The molecule has 4 unspecified atom stereocenters. The van der Waals surface area contributed by atoms with Gasteiger partial charge in [0.1, 0.15) is 0 Å². The minimum atomic E-state index is -0.154. The molecule has 1 aromatic carbocycles. The number of allylic oxidation sites excluding steroid dienone is 1. The molecular formula is C29H34ClN7. The Hall–Kier alpha value is -2.90. The standard InChI is InChI=1S/C29H34ClN7/c1-15-9-23-22(14-32-34-23)26(27(15)30)25-16(2)37(21-11-18-5-6-19(12-21)28(18)31-3)35-29(25)17-7-8-24-20(10-17)13-33-36(24)4/h7-10,13-14,18-19,21,26-28,31H,5-6,11-12H2,1-4H3,(H,32,34). The van der Waals surface area contributed by atoms with E-state index in [0.717, 1.165) is 50.8 Å². The van der Waals surface area contributed by atoms with Crippen molar-refractivity contribution in [3.05, 3.63) is 58.7 Å². The van der Waals surface area contributed by atoms with Crippen molar-refractivity contribution in [1.29, 1.82) is 0 Å². The normalized spacial score (nSPS) is 29.1. The van der Waals surface area contributed by atoms with Gasteiger partial charge in [-0.1, -0.05) is 11.6 Å². The number of aromatic nitrogens is 6. The van der Waals surface area contributed by atoms with Crippen LogP contribution in [0.15, 0.2) is 36.2 Å². The summed E-state index contributed by atoms with van der Waals surface area (Å²) in [7, 11) is 4.11. The summed E-state index contributed by atoms with van der Waals surface area (Å²) < 4.78 is 4.27. The van der Waals surface area contributed by atoms with E-state index in [1.165, 1.54) is 36.9 Å². The third-order valence-corrected chi connectivity index (χ3v) is 10.0. The van der Waals surface area contributed by atoms with Gasteiger partial charge in [0.05, 0.1) is 40.7 Å². The Bertz CT molecular complexity index is 1510. The molecule has 3 heterocycles. The minimum Gasteiger partial charge on any atom is -0.316 e. The van der Waals surface area contributed by atoms with Gasteiger partial charge in [-0.2, -0.15) is 15.3 Å². The van der Waals surface area contributed by atoms with Gasteiger partial charge in [-0.3, -0.25) is 14.5 Å². The summed E-state index contributed by atoms with van der Waals surface area (Å²) in [5, 5.41) is 22.0. The maximum Gasteiger partial charge on any atom is 0.0965 e. The summed E-state index contributed by atoms with van der Waals surface area (Å²) in [6.07, 6.45) is 11.0. The van der Waals surface area contributed by atoms with Crippen LogP contribution in [0.3, 0.4) is 0 Å². The molecule has 7 rings (SSSR count). The van der Waals surface area contributed by atoms with Crippen LogP contribution in [0.1, 0.15) is 67.1 Å². The van der Waals surface area contributed by atoms with Gasteiger partial charge in [0.2, 0.25) is 0 Å². The fourth-order valence-corrected chi connectivity index (χ4v) is 7.97. The number of hydrogen-bond donors (Lipinski definition) is 2. The molecule has 0 amide bonds. The molecule has 2 bridgehead atoms.